The van der Waals surface area contributed by atoms with Crippen molar-refractivity contribution in [1.82, 2.24) is 5.01 Å². The predicted molar refractivity (Wildman–Crippen MR) is 36.4 cm³/mol. The van der Waals surface area contributed by atoms with Crippen LogP contribution in [0.3, 0.4) is 0 Å². The summed E-state index contributed by atoms with van der Waals surface area (Å²) < 4.78 is 34.7. The highest BCUT2D eigenvalue weighted by Gasteiger charge is 2.25. The Morgan fingerprint density at radius 2 is 2.00 bits per heavy atom. The Labute approximate surface area is 63.4 Å². The number of rotatable bonds is 2. The van der Waals surface area contributed by atoms with Crippen molar-refractivity contribution < 1.29 is 13.2 Å². The highest BCUT2D eigenvalue weighted by atomic mass is 19.4. The Hall–Kier alpha value is -0.710. The second kappa shape index (κ2) is 3.61. The van der Waals surface area contributed by atoms with E-state index in [1.54, 1.807) is 0 Å². The Balaban J connectivity index is 3.93. The molecule has 0 saturated heterocycles. The monoisotopic (exact) mass is 168 g/mol. The van der Waals surface area contributed by atoms with Crippen molar-refractivity contribution in [1.29, 1.82) is 0 Å². The molecule has 0 radical (unpaired) electrons. The van der Waals surface area contributed by atoms with Crippen molar-refractivity contribution in [3.63, 3.8) is 0 Å². The average molecular weight is 168 g/mol. The Morgan fingerprint density at radius 1 is 1.55 bits per heavy atom. The molecule has 5 heteroatoms. The Kier molecular flexibility index (Phi) is 3.38. The molecular weight excluding hydrogens is 157 g/mol. The SMILES string of the molecule is C/C(=C/CC(F)(F)F)N(C)N. The van der Waals surface area contributed by atoms with Crippen LogP contribution in [0.25, 0.3) is 0 Å². The van der Waals surface area contributed by atoms with Crippen LogP contribution in [-0.4, -0.2) is 18.2 Å². The van der Waals surface area contributed by atoms with Crippen molar-refractivity contribution in [3.05, 3.63) is 11.8 Å². The predicted octanol–water partition coefficient (Wildman–Crippen LogP) is 1.65. The molecule has 0 aromatic heterocycles. The number of alkyl halides is 3. The Morgan fingerprint density at radius 3 is 2.27 bits per heavy atom. The van der Waals surface area contributed by atoms with E-state index < -0.39 is 12.6 Å². The zero-order chi connectivity index (χ0) is 9.07. The van der Waals surface area contributed by atoms with E-state index in [4.69, 9.17) is 5.84 Å². The molecule has 11 heavy (non-hydrogen) atoms. The molecule has 0 aliphatic rings. The number of allylic oxidation sites excluding steroid dienone is 2. The van der Waals surface area contributed by atoms with Crippen LogP contribution in [0.2, 0.25) is 0 Å². The van der Waals surface area contributed by atoms with E-state index in [0.29, 0.717) is 5.70 Å². The maximum Gasteiger partial charge on any atom is 0.392 e. The lowest BCUT2D eigenvalue weighted by Crippen LogP contribution is -2.23. The van der Waals surface area contributed by atoms with Gasteiger partial charge in [-0.2, -0.15) is 13.2 Å². The van der Waals surface area contributed by atoms with Gasteiger partial charge in [-0.05, 0) is 6.92 Å². The van der Waals surface area contributed by atoms with Crippen LogP contribution < -0.4 is 5.84 Å². The molecule has 0 atom stereocenters. The van der Waals surface area contributed by atoms with Gasteiger partial charge in [0.1, 0.15) is 0 Å². The highest BCUT2D eigenvalue weighted by Crippen LogP contribution is 2.20. The van der Waals surface area contributed by atoms with Gasteiger partial charge in [0.15, 0.2) is 0 Å². The third-order valence-corrected chi connectivity index (χ3v) is 1.19. The van der Waals surface area contributed by atoms with E-state index in [0.717, 1.165) is 11.1 Å². The van der Waals surface area contributed by atoms with E-state index in [-0.39, 0.29) is 0 Å². The first kappa shape index (κ1) is 10.3. The zero-order valence-electron chi connectivity index (χ0n) is 6.44. The lowest BCUT2D eigenvalue weighted by Gasteiger charge is -2.12. The summed E-state index contributed by atoms with van der Waals surface area (Å²) in [5, 5.41) is 1.14. The first-order valence-corrected chi connectivity index (χ1v) is 3.05. The number of halogens is 3. The molecule has 0 rings (SSSR count). The minimum atomic E-state index is -4.14. The van der Waals surface area contributed by atoms with Crippen molar-refractivity contribution in [2.75, 3.05) is 7.05 Å². The topological polar surface area (TPSA) is 29.3 Å². The van der Waals surface area contributed by atoms with Crippen LogP contribution >= 0.6 is 0 Å². The molecule has 0 heterocycles. The van der Waals surface area contributed by atoms with Gasteiger partial charge in [-0.25, -0.2) is 5.84 Å². The molecule has 0 saturated carbocycles. The van der Waals surface area contributed by atoms with Crippen LogP contribution in [0, 0.1) is 0 Å². The minimum Gasteiger partial charge on any atom is -0.319 e. The summed E-state index contributed by atoms with van der Waals surface area (Å²) in [6.07, 6.45) is -4.03. The summed E-state index contributed by atoms with van der Waals surface area (Å²) >= 11 is 0. The molecule has 0 spiro atoms. The van der Waals surface area contributed by atoms with Gasteiger partial charge in [0, 0.05) is 12.7 Å². The zero-order valence-corrected chi connectivity index (χ0v) is 6.44. The smallest absolute Gasteiger partial charge is 0.319 e. The maximum absolute atomic E-state index is 11.6. The van der Waals surface area contributed by atoms with Gasteiger partial charge in [0.2, 0.25) is 0 Å². The van der Waals surface area contributed by atoms with E-state index in [2.05, 4.69) is 0 Å². The lowest BCUT2D eigenvalue weighted by atomic mass is 10.3. The number of hydrazine groups is 1. The van der Waals surface area contributed by atoms with Crippen LogP contribution in [-0.2, 0) is 0 Å². The van der Waals surface area contributed by atoms with E-state index in [1.165, 1.54) is 14.0 Å². The minimum absolute atomic E-state index is 0.405. The second-order valence-electron chi connectivity index (χ2n) is 2.28. The van der Waals surface area contributed by atoms with Gasteiger partial charge in [-0.3, -0.25) is 0 Å². The van der Waals surface area contributed by atoms with Crippen molar-refractivity contribution >= 4 is 0 Å². The van der Waals surface area contributed by atoms with E-state index in [9.17, 15) is 13.2 Å². The number of hydrogen-bond donors (Lipinski definition) is 1. The quantitative estimate of drug-likeness (QED) is 0.501. The van der Waals surface area contributed by atoms with Gasteiger partial charge in [0.05, 0.1) is 6.42 Å². The van der Waals surface area contributed by atoms with Gasteiger partial charge >= 0.3 is 6.18 Å². The van der Waals surface area contributed by atoms with E-state index >= 15 is 0 Å². The standard InChI is InChI=1S/C6H11F3N2/c1-5(11(2)10)3-4-6(7,8)9/h3H,4,10H2,1-2H3/b5-3-. The largest absolute Gasteiger partial charge is 0.392 e. The fourth-order valence-electron chi connectivity index (χ4n) is 0.407. The molecule has 0 fully saturated rings. The third kappa shape index (κ3) is 5.72. The van der Waals surface area contributed by atoms with E-state index in [1.807, 2.05) is 0 Å². The van der Waals surface area contributed by atoms with Crippen LogP contribution in [0.15, 0.2) is 11.8 Å². The van der Waals surface area contributed by atoms with Crippen molar-refractivity contribution in [3.8, 4) is 0 Å². The molecule has 66 valence electrons. The normalized spacial score (nSPS) is 13.5. The van der Waals surface area contributed by atoms with Crippen LogP contribution in [0.5, 0.6) is 0 Å². The number of nitrogens with zero attached hydrogens (tertiary/aromatic N) is 1. The van der Waals surface area contributed by atoms with Crippen molar-refractivity contribution in [2.24, 2.45) is 5.84 Å². The fourth-order valence-corrected chi connectivity index (χ4v) is 0.407. The fraction of sp³-hybridized carbons (Fsp3) is 0.667. The third-order valence-electron chi connectivity index (χ3n) is 1.19. The molecule has 2 nitrogen and oxygen atoms in total. The van der Waals surface area contributed by atoms with Gasteiger partial charge in [0.25, 0.3) is 0 Å². The molecule has 0 aliphatic heterocycles. The van der Waals surface area contributed by atoms with Crippen LogP contribution in [0.1, 0.15) is 13.3 Å². The molecule has 0 aliphatic carbocycles. The molecule has 0 unspecified atom stereocenters. The summed E-state index contributed by atoms with van der Waals surface area (Å²) in [4.78, 5) is 0. The van der Waals surface area contributed by atoms with Gasteiger partial charge in [-0.1, -0.05) is 6.08 Å². The lowest BCUT2D eigenvalue weighted by molar-refractivity contribution is -0.125. The van der Waals surface area contributed by atoms with Crippen LogP contribution in [0.4, 0.5) is 13.2 Å². The number of nitrogens with two attached hydrogens (primary N) is 1. The average Bonchev–Trinajstić information content (AvgIpc) is 1.80. The molecular formula is C6H11F3N2. The molecule has 0 amide bonds. The van der Waals surface area contributed by atoms with Gasteiger partial charge < -0.3 is 5.01 Å². The molecule has 2 N–H and O–H groups in total. The molecule has 0 aromatic carbocycles. The second-order valence-corrected chi connectivity index (χ2v) is 2.28. The molecule has 0 bridgehead atoms. The highest BCUT2D eigenvalue weighted by molar-refractivity contribution is 4.95. The first-order valence-electron chi connectivity index (χ1n) is 3.05. The molecule has 0 aromatic rings. The Bertz CT molecular complexity index is 148. The number of hydrogen-bond acceptors (Lipinski definition) is 2. The summed E-state index contributed by atoms with van der Waals surface area (Å²) in [5.74, 6) is 5.16. The van der Waals surface area contributed by atoms with Gasteiger partial charge in [-0.15, -0.1) is 0 Å². The summed E-state index contributed by atoms with van der Waals surface area (Å²) in [7, 11) is 1.49. The first-order chi connectivity index (χ1) is 4.83. The summed E-state index contributed by atoms with van der Waals surface area (Å²) in [5.41, 5.74) is 0.405. The van der Waals surface area contributed by atoms with Crippen molar-refractivity contribution in [2.45, 2.75) is 19.5 Å². The maximum atomic E-state index is 11.6. The summed E-state index contributed by atoms with van der Waals surface area (Å²) in [6, 6.07) is 0. The summed E-state index contributed by atoms with van der Waals surface area (Å²) in [6.45, 7) is 1.52.